The molecule has 0 aliphatic carbocycles. The summed E-state index contributed by atoms with van der Waals surface area (Å²) in [6, 6.07) is 17.9. The Kier molecular flexibility index (Phi) is 2.63. The lowest BCUT2D eigenvalue weighted by Crippen LogP contribution is -2.10. The largest absolute Gasteiger partial charge is 0.0613 e. The van der Waals surface area contributed by atoms with E-state index in [0.29, 0.717) is 0 Å². The van der Waals surface area contributed by atoms with E-state index < -0.39 is 0 Å². The molecular formula is C19H20. The number of rotatable bonds is 0. The van der Waals surface area contributed by atoms with E-state index in [1.807, 2.05) is 0 Å². The molecule has 0 fully saturated rings. The van der Waals surface area contributed by atoms with Gasteiger partial charge in [-0.05, 0) is 45.0 Å². The smallest absolute Gasteiger partial charge is 0.0103 e. The molecule has 3 aromatic rings. The molecule has 0 unspecified atom stereocenters. The van der Waals surface area contributed by atoms with Crippen molar-refractivity contribution in [3.63, 3.8) is 0 Å². The van der Waals surface area contributed by atoms with E-state index in [1.165, 1.54) is 32.7 Å². The predicted octanol–water partition coefficient (Wildman–Crippen LogP) is 5.60. The zero-order valence-corrected chi connectivity index (χ0v) is 12.1. The van der Waals surface area contributed by atoms with E-state index in [0.717, 1.165) is 0 Å². The molecule has 0 atom stereocenters. The second-order valence-corrected chi connectivity index (χ2v) is 6.42. The van der Waals surface area contributed by atoms with Gasteiger partial charge in [0.2, 0.25) is 0 Å². The first-order valence-electron chi connectivity index (χ1n) is 6.89. The molecule has 19 heavy (non-hydrogen) atoms. The van der Waals surface area contributed by atoms with Gasteiger partial charge in [0.05, 0.1) is 0 Å². The zero-order valence-electron chi connectivity index (χ0n) is 12.1. The van der Waals surface area contributed by atoms with Gasteiger partial charge in [-0.2, -0.15) is 0 Å². The van der Waals surface area contributed by atoms with Gasteiger partial charge in [-0.3, -0.25) is 0 Å². The number of aryl methyl sites for hydroxylation is 1. The Bertz CT molecular complexity index is 758. The van der Waals surface area contributed by atoms with E-state index >= 15 is 0 Å². The van der Waals surface area contributed by atoms with Gasteiger partial charge >= 0.3 is 0 Å². The van der Waals surface area contributed by atoms with Crippen molar-refractivity contribution >= 4 is 21.5 Å². The maximum atomic E-state index is 2.33. The van der Waals surface area contributed by atoms with Crippen LogP contribution < -0.4 is 0 Å². The first-order valence-corrected chi connectivity index (χ1v) is 6.89. The molecule has 96 valence electrons. The van der Waals surface area contributed by atoms with Gasteiger partial charge in [-0.1, -0.05) is 69.3 Å². The minimum atomic E-state index is 0.204. The highest BCUT2D eigenvalue weighted by Gasteiger charge is 2.14. The summed E-state index contributed by atoms with van der Waals surface area (Å²) in [4.78, 5) is 0. The second-order valence-electron chi connectivity index (χ2n) is 6.42. The van der Waals surface area contributed by atoms with Crippen molar-refractivity contribution in [1.82, 2.24) is 0 Å². The second kappa shape index (κ2) is 4.09. The van der Waals surface area contributed by atoms with Gasteiger partial charge in [0.1, 0.15) is 0 Å². The molecule has 0 saturated carbocycles. The van der Waals surface area contributed by atoms with Gasteiger partial charge < -0.3 is 0 Å². The minimum absolute atomic E-state index is 0.204. The van der Waals surface area contributed by atoms with Crippen molar-refractivity contribution in [2.45, 2.75) is 33.1 Å². The number of hydrogen-bond donors (Lipinski definition) is 0. The van der Waals surface area contributed by atoms with Crippen LogP contribution in [0.5, 0.6) is 0 Å². The first kappa shape index (κ1) is 12.2. The summed E-state index contributed by atoms with van der Waals surface area (Å²) in [5.74, 6) is 0. The van der Waals surface area contributed by atoms with E-state index in [9.17, 15) is 0 Å². The van der Waals surface area contributed by atoms with Crippen molar-refractivity contribution in [2.24, 2.45) is 0 Å². The molecule has 0 aliphatic heterocycles. The van der Waals surface area contributed by atoms with Crippen LogP contribution in [0.1, 0.15) is 31.9 Å². The summed E-state index contributed by atoms with van der Waals surface area (Å²) in [7, 11) is 0. The number of benzene rings is 3. The molecule has 3 aromatic carbocycles. The average molecular weight is 248 g/mol. The fourth-order valence-corrected chi connectivity index (χ4v) is 2.72. The van der Waals surface area contributed by atoms with E-state index in [1.54, 1.807) is 0 Å². The molecule has 0 aromatic heterocycles. The predicted molar refractivity (Wildman–Crippen MR) is 84.9 cm³/mol. The maximum Gasteiger partial charge on any atom is -0.0103 e. The molecule has 0 aliphatic rings. The Balaban J connectivity index is 2.36. The van der Waals surface area contributed by atoms with Crippen LogP contribution in [0.15, 0.2) is 48.5 Å². The molecule has 0 N–H and O–H groups in total. The highest BCUT2D eigenvalue weighted by Crippen LogP contribution is 2.31. The highest BCUT2D eigenvalue weighted by molar-refractivity contribution is 6.08. The summed E-state index contributed by atoms with van der Waals surface area (Å²) in [5.41, 5.74) is 2.95. The van der Waals surface area contributed by atoms with Crippen LogP contribution in [0.4, 0.5) is 0 Å². The standard InChI is InChI=1S/C19H20/c1-13-6-5-7-18-16(13)10-8-14-12-15(19(2,3)4)9-11-17(14)18/h5-12H,1-4H3. The van der Waals surface area contributed by atoms with Gasteiger partial charge in [0.25, 0.3) is 0 Å². The van der Waals surface area contributed by atoms with Gasteiger partial charge in [-0.15, -0.1) is 0 Å². The van der Waals surface area contributed by atoms with Gasteiger partial charge in [-0.25, -0.2) is 0 Å². The number of hydrogen-bond acceptors (Lipinski definition) is 0. The SMILES string of the molecule is Cc1cccc2c1ccc1cc(C(C)(C)C)ccc12. The van der Waals surface area contributed by atoms with Gasteiger partial charge in [0.15, 0.2) is 0 Å². The fraction of sp³-hybridized carbons (Fsp3) is 0.263. The Labute approximate surface area is 115 Å². The fourth-order valence-electron chi connectivity index (χ4n) is 2.72. The van der Waals surface area contributed by atoms with Gasteiger partial charge in [0, 0.05) is 0 Å². The Morgan fingerprint density at radius 3 is 2.21 bits per heavy atom. The first-order chi connectivity index (χ1) is 8.97. The Hall–Kier alpha value is -1.82. The molecule has 0 bridgehead atoms. The van der Waals surface area contributed by atoms with Crippen molar-refractivity contribution in [1.29, 1.82) is 0 Å². The summed E-state index contributed by atoms with van der Waals surface area (Å²) in [5, 5.41) is 5.41. The van der Waals surface area contributed by atoms with Crippen molar-refractivity contribution in [3.8, 4) is 0 Å². The topological polar surface area (TPSA) is 0 Å². The normalized spacial score (nSPS) is 12.2. The highest BCUT2D eigenvalue weighted by atomic mass is 14.2. The molecule has 0 heterocycles. The lowest BCUT2D eigenvalue weighted by Gasteiger charge is -2.20. The van der Waals surface area contributed by atoms with Crippen molar-refractivity contribution in [3.05, 3.63) is 59.7 Å². The van der Waals surface area contributed by atoms with Crippen molar-refractivity contribution < 1.29 is 0 Å². The maximum absolute atomic E-state index is 2.33. The molecule has 0 saturated heterocycles. The Morgan fingerprint density at radius 1 is 0.737 bits per heavy atom. The molecule has 0 amide bonds. The van der Waals surface area contributed by atoms with E-state index in [-0.39, 0.29) is 5.41 Å². The third-order valence-corrected chi connectivity index (χ3v) is 3.96. The molecule has 0 heteroatoms. The summed E-state index contributed by atoms with van der Waals surface area (Å²) in [6.45, 7) is 8.97. The van der Waals surface area contributed by atoms with Crippen LogP contribution in [0.2, 0.25) is 0 Å². The lowest BCUT2D eigenvalue weighted by molar-refractivity contribution is 0.591. The molecular weight excluding hydrogens is 228 g/mol. The van der Waals surface area contributed by atoms with Crippen LogP contribution >= 0.6 is 0 Å². The number of fused-ring (bicyclic) bond motifs is 3. The molecule has 0 radical (unpaired) electrons. The monoisotopic (exact) mass is 248 g/mol. The summed E-state index contributed by atoms with van der Waals surface area (Å²) < 4.78 is 0. The lowest BCUT2D eigenvalue weighted by atomic mass is 9.85. The van der Waals surface area contributed by atoms with E-state index in [4.69, 9.17) is 0 Å². The van der Waals surface area contributed by atoms with Crippen LogP contribution in [-0.2, 0) is 5.41 Å². The third kappa shape index (κ3) is 2.02. The van der Waals surface area contributed by atoms with Crippen LogP contribution in [0.3, 0.4) is 0 Å². The zero-order chi connectivity index (χ0) is 13.6. The Morgan fingerprint density at radius 2 is 1.47 bits per heavy atom. The third-order valence-electron chi connectivity index (χ3n) is 3.96. The van der Waals surface area contributed by atoms with E-state index in [2.05, 4.69) is 76.2 Å². The average Bonchev–Trinajstić information content (AvgIpc) is 2.37. The summed E-state index contributed by atoms with van der Waals surface area (Å²) >= 11 is 0. The quantitative estimate of drug-likeness (QED) is 0.454. The van der Waals surface area contributed by atoms with Crippen LogP contribution in [-0.4, -0.2) is 0 Å². The molecule has 3 rings (SSSR count). The minimum Gasteiger partial charge on any atom is -0.0613 e. The van der Waals surface area contributed by atoms with Crippen LogP contribution in [0.25, 0.3) is 21.5 Å². The van der Waals surface area contributed by atoms with Crippen LogP contribution in [0, 0.1) is 6.92 Å². The van der Waals surface area contributed by atoms with Crippen molar-refractivity contribution in [2.75, 3.05) is 0 Å². The molecule has 0 spiro atoms. The summed E-state index contributed by atoms with van der Waals surface area (Å²) in [6.07, 6.45) is 0. The molecule has 0 nitrogen and oxygen atoms in total.